The summed E-state index contributed by atoms with van der Waals surface area (Å²) in [6.07, 6.45) is 4.43. The van der Waals surface area contributed by atoms with Crippen LogP contribution in [0.3, 0.4) is 0 Å². The van der Waals surface area contributed by atoms with Crippen LogP contribution in [0.25, 0.3) is 22.1 Å². The molecule has 35 heavy (non-hydrogen) atoms. The first kappa shape index (κ1) is 23.0. The van der Waals surface area contributed by atoms with Crippen molar-refractivity contribution in [2.24, 2.45) is 0 Å². The molecule has 1 aliphatic rings. The van der Waals surface area contributed by atoms with Crippen LogP contribution in [0.5, 0.6) is 0 Å². The number of fused-ring (bicyclic) bond motifs is 2. The van der Waals surface area contributed by atoms with Crippen LogP contribution in [0.4, 0.5) is 5.69 Å². The summed E-state index contributed by atoms with van der Waals surface area (Å²) in [5, 5.41) is 13.9. The van der Waals surface area contributed by atoms with E-state index in [4.69, 9.17) is 5.10 Å². The predicted molar refractivity (Wildman–Crippen MR) is 136 cm³/mol. The molecule has 1 aliphatic heterocycles. The lowest BCUT2D eigenvalue weighted by Crippen LogP contribution is -2.58. The van der Waals surface area contributed by atoms with Crippen LogP contribution < -0.4 is 10.5 Å². The van der Waals surface area contributed by atoms with Crippen molar-refractivity contribution in [3.63, 3.8) is 0 Å². The number of piperazine rings is 1. The largest absolute Gasteiger partial charge is 0.364 e. The molecule has 3 atom stereocenters. The molecule has 5 rings (SSSR count). The number of hydrogen-bond acceptors (Lipinski definition) is 7. The number of anilines is 1. The van der Waals surface area contributed by atoms with Gasteiger partial charge in [-0.05, 0) is 44.9 Å². The van der Waals surface area contributed by atoms with E-state index in [0.717, 1.165) is 47.4 Å². The number of nitriles is 1. The maximum absolute atomic E-state index is 12.6. The average molecular weight is 471 g/mol. The third-order valence-corrected chi connectivity index (χ3v) is 7.32. The van der Waals surface area contributed by atoms with E-state index in [-0.39, 0.29) is 24.2 Å². The van der Waals surface area contributed by atoms with Gasteiger partial charge >= 0.3 is 0 Å². The van der Waals surface area contributed by atoms with Crippen molar-refractivity contribution in [2.75, 3.05) is 18.0 Å². The molecule has 4 heterocycles. The van der Waals surface area contributed by atoms with Gasteiger partial charge in [-0.15, -0.1) is 0 Å². The lowest BCUT2D eigenvalue weighted by Gasteiger charge is -2.48. The summed E-state index contributed by atoms with van der Waals surface area (Å²) in [7, 11) is 0. The van der Waals surface area contributed by atoms with Crippen molar-refractivity contribution in [2.45, 2.75) is 58.8 Å². The Labute approximate surface area is 204 Å². The Bertz CT molecular complexity index is 1480. The van der Waals surface area contributed by atoms with E-state index >= 15 is 0 Å². The highest BCUT2D eigenvalue weighted by Gasteiger charge is 2.35. The fourth-order valence-corrected chi connectivity index (χ4v) is 5.34. The highest BCUT2D eigenvalue weighted by Crippen LogP contribution is 2.34. The Kier molecular flexibility index (Phi) is 5.99. The number of rotatable bonds is 5. The van der Waals surface area contributed by atoms with Gasteiger partial charge in [0, 0.05) is 49.7 Å². The number of nitrogens with zero attached hydrogens (tertiary/aromatic N) is 7. The Morgan fingerprint density at radius 1 is 1.20 bits per heavy atom. The summed E-state index contributed by atoms with van der Waals surface area (Å²) in [5.74, 6) is 0. The average Bonchev–Trinajstić information content (AvgIpc) is 3.18. The van der Waals surface area contributed by atoms with Crippen LogP contribution in [0, 0.1) is 18.3 Å². The van der Waals surface area contributed by atoms with E-state index < -0.39 is 0 Å². The minimum atomic E-state index is -0.152. The van der Waals surface area contributed by atoms with Gasteiger partial charge < -0.3 is 9.88 Å². The maximum Gasteiger partial charge on any atom is 0.250 e. The van der Waals surface area contributed by atoms with E-state index in [2.05, 4.69) is 63.7 Å². The van der Waals surface area contributed by atoms with E-state index in [9.17, 15) is 10.1 Å². The van der Waals surface area contributed by atoms with Crippen molar-refractivity contribution in [1.82, 2.24) is 29.6 Å². The summed E-state index contributed by atoms with van der Waals surface area (Å²) in [5.41, 5.74) is 5.96. The number of hydrogen-bond donors (Lipinski definition) is 1. The highest BCUT2D eigenvalue weighted by molar-refractivity contribution is 5.89. The van der Waals surface area contributed by atoms with E-state index in [1.54, 1.807) is 23.1 Å². The van der Waals surface area contributed by atoms with Crippen LogP contribution in [-0.4, -0.2) is 54.8 Å². The molecule has 0 aliphatic carbocycles. The Morgan fingerprint density at radius 2 is 1.97 bits per heavy atom. The Morgan fingerprint density at radius 3 is 2.71 bits per heavy atom. The molecular weight excluding hydrogens is 440 g/mol. The standard InChI is InChI=1S/C26H30N8O/c1-5-20-15-32(23-13-24(35)30-25-18(4)34(11-8-27)31-26(23)25)16(2)14-33(20)17(3)19-6-7-21-22(12-19)29-10-9-28-21/h6-7,9-10,12-13,16-17,20H,5,11,14-15H2,1-4H3,(H,30,35)/t16-,17?,20+/m0/s1. The molecule has 180 valence electrons. The van der Waals surface area contributed by atoms with E-state index in [1.165, 1.54) is 5.56 Å². The summed E-state index contributed by atoms with van der Waals surface area (Å²) in [6, 6.07) is 10.8. The van der Waals surface area contributed by atoms with Gasteiger partial charge in [-0.2, -0.15) is 10.4 Å². The smallest absolute Gasteiger partial charge is 0.250 e. The van der Waals surface area contributed by atoms with Crippen LogP contribution >= 0.6 is 0 Å². The van der Waals surface area contributed by atoms with Gasteiger partial charge in [0.05, 0.1) is 34.0 Å². The SMILES string of the molecule is CC[C@@H]1CN(c2cc(=O)[nH]c3c(C)n(CC#N)nc23)[C@@H](C)CN1C(C)c1ccc2nccnc2c1. The van der Waals surface area contributed by atoms with Crippen LogP contribution in [0.1, 0.15) is 44.5 Å². The summed E-state index contributed by atoms with van der Waals surface area (Å²) >= 11 is 0. The first-order chi connectivity index (χ1) is 16.9. The molecule has 1 unspecified atom stereocenters. The van der Waals surface area contributed by atoms with Crippen molar-refractivity contribution in [3.05, 3.63) is 58.3 Å². The quantitative estimate of drug-likeness (QED) is 0.475. The van der Waals surface area contributed by atoms with Crippen molar-refractivity contribution < 1.29 is 0 Å². The first-order valence-electron chi connectivity index (χ1n) is 12.1. The molecule has 4 aromatic rings. The molecule has 9 heteroatoms. The van der Waals surface area contributed by atoms with Gasteiger partial charge in [0.2, 0.25) is 0 Å². The number of nitrogens with one attached hydrogen (secondary N) is 1. The molecule has 1 saturated heterocycles. The van der Waals surface area contributed by atoms with Gasteiger partial charge in [-0.25, -0.2) is 0 Å². The molecule has 1 aromatic carbocycles. The molecule has 0 amide bonds. The Hall–Kier alpha value is -3.77. The van der Waals surface area contributed by atoms with Gasteiger partial charge in [0.15, 0.2) is 0 Å². The zero-order chi connectivity index (χ0) is 24.7. The fourth-order valence-electron chi connectivity index (χ4n) is 5.34. The second-order valence-corrected chi connectivity index (χ2v) is 9.38. The third kappa shape index (κ3) is 4.04. The number of H-pyrrole nitrogens is 1. The molecular formula is C26H30N8O. The zero-order valence-electron chi connectivity index (χ0n) is 20.6. The van der Waals surface area contributed by atoms with Crippen molar-refractivity contribution >= 4 is 27.8 Å². The second-order valence-electron chi connectivity index (χ2n) is 9.38. The molecule has 0 saturated carbocycles. The molecule has 9 nitrogen and oxygen atoms in total. The monoisotopic (exact) mass is 470 g/mol. The topological polar surface area (TPSA) is 107 Å². The van der Waals surface area contributed by atoms with Gasteiger partial charge in [0.1, 0.15) is 12.1 Å². The fraction of sp³-hybridized carbons (Fsp3) is 0.423. The number of benzene rings is 1. The molecule has 0 radical (unpaired) electrons. The second kappa shape index (κ2) is 9.12. The maximum atomic E-state index is 12.6. The number of aromatic nitrogens is 5. The van der Waals surface area contributed by atoms with Gasteiger partial charge in [0.25, 0.3) is 5.56 Å². The van der Waals surface area contributed by atoms with Crippen LogP contribution in [0.15, 0.2) is 41.5 Å². The molecule has 1 fully saturated rings. The van der Waals surface area contributed by atoms with Gasteiger partial charge in [-0.1, -0.05) is 13.0 Å². The minimum Gasteiger partial charge on any atom is -0.364 e. The Balaban J connectivity index is 1.48. The highest BCUT2D eigenvalue weighted by atomic mass is 16.1. The third-order valence-electron chi connectivity index (χ3n) is 7.32. The zero-order valence-corrected chi connectivity index (χ0v) is 20.6. The summed E-state index contributed by atoms with van der Waals surface area (Å²) in [6.45, 7) is 10.3. The number of aryl methyl sites for hydroxylation is 1. The molecule has 0 bridgehead atoms. The van der Waals surface area contributed by atoms with Crippen LogP contribution in [0.2, 0.25) is 0 Å². The number of aromatic amines is 1. The van der Waals surface area contributed by atoms with Gasteiger partial charge in [-0.3, -0.25) is 24.3 Å². The van der Waals surface area contributed by atoms with Crippen LogP contribution in [-0.2, 0) is 6.54 Å². The lowest BCUT2D eigenvalue weighted by molar-refractivity contribution is 0.106. The lowest BCUT2D eigenvalue weighted by atomic mass is 9.98. The number of pyridine rings is 1. The first-order valence-corrected chi connectivity index (χ1v) is 12.1. The molecule has 0 spiro atoms. The predicted octanol–water partition coefficient (Wildman–Crippen LogP) is 3.55. The van der Waals surface area contributed by atoms with E-state index in [1.807, 2.05) is 13.0 Å². The van der Waals surface area contributed by atoms with E-state index in [0.29, 0.717) is 11.6 Å². The summed E-state index contributed by atoms with van der Waals surface area (Å²) < 4.78 is 1.66. The normalized spacial score (nSPS) is 19.8. The van der Waals surface area contributed by atoms with Crippen molar-refractivity contribution in [3.8, 4) is 6.07 Å². The summed E-state index contributed by atoms with van der Waals surface area (Å²) in [4.78, 5) is 29.3. The molecule has 3 aromatic heterocycles. The van der Waals surface area contributed by atoms with Crippen molar-refractivity contribution in [1.29, 1.82) is 5.26 Å². The minimum absolute atomic E-state index is 0.149. The molecule has 1 N–H and O–H groups in total.